The van der Waals surface area contributed by atoms with Gasteiger partial charge in [-0.15, -0.1) is 12.4 Å². The average Bonchev–Trinajstić information content (AvgIpc) is 2.47. The molecule has 0 aliphatic carbocycles. The first kappa shape index (κ1) is 17.8. The zero-order valence-corrected chi connectivity index (χ0v) is 13.3. The molecular weight excluding hydrogens is 310 g/mol. The summed E-state index contributed by atoms with van der Waals surface area (Å²) >= 11 is 1.85. The van der Waals surface area contributed by atoms with E-state index in [0.717, 1.165) is 23.7 Å². The minimum Gasteiger partial charge on any atom is -0.347 e. The maximum absolute atomic E-state index is 11.7. The topological polar surface area (TPSA) is 70.2 Å². The summed E-state index contributed by atoms with van der Waals surface area (Å²) in [4.78, 5) is 23.4. The second-order valence-electron chi connectivity index (χ2n) is 4.62. The number of thioether (sulfide) groups is 1. The molecular formula is C14H20ClN3O2S. The molecule has 21 heavy (non-hydrogen) atoms. The van der Waals surface area contributed by atoms with E-state index in [9.17, 15) is 9.59 Å². The van der Waals surface area contributed by atoms with Crippen molar-refractivity contribution in [2.45, 2.75) is 12.5 Å². The first-order chi connectivity index (χ1) is 9.74. The van der Waals surface area contributed by atoms with E-state index >= 15 is 0 Å². The molecule has 0 saturated carbocycles. The normalized spacial score (nSPS) is 17.4. The van der Waals surface area contributed by atoms with Crippen LogP contribution in [0.25, 0.3) is 0 Å². The van der Waals surface area contributed by atoms with Crippen molar-refractivity contribution in [2.24, 2.45) is 0 Å². The van der Waals surface area contributed by atoms with Crippen LogP contribution < -0.4 is 16.0 Å². The van der Waals surface area contributed by atoms with E-state index < -0.39 is 0 Å². The van der Waals surface area contributed by atoms with E-state index in [-0.39, 0.29) is 36.8 Å². The molecule has 116 valence electrons. The van der Waals surface area contributed by atoms with Gasteiger partial charge in [-0.25, -0.2) is 0 Å². The molecule has 2 rings (SSSR count). The molecule has 1 heterocycles. The van der Waals surface area contributed by atoms with Crippen LogP contribution in [0.1, 0.15) is 6.42 Å². The Labute approximate surface area is 135 Å². The van der Waals surface area contributed by atoms with Crippen LogP contribution in [-0.4, -0.2) is 42.5 Å². The van der Waals surface area contributed by atoms with Crippen LogP contribution in [-0.2, 0) is 9.59 Å². The van der Waals surface area contributed by atoms with Gasteiger partial charge in [0, 0.05) is 36.2 Å². The Morgan fingerprint density at radius 2 is 2.00 bits per heavy atom. The lowest BCUT2D eigenvalue weighted by atomic mass is 10.2. The largest absolute Gasteiger partial charge is 0.347 e. The van der Waals surface area contributed by atoms with E-state index in [4.69, 9.17) is 0 Å². The van der Waals surface area contributed by atoms with Gasteiger partial charge in [-0.05, 0) is 12.1 Å². The summed E-state index contributed by atoms with van der Waals surface area (Å²) in [7, 11) is 0. The van der Waals surface area contributed by atoms with Crippen LogP contribution in [0.2, 0.25) is 0 Å². The molecule has 1 atom stereocenters. The molecule has 1 saturated heterocycles. The van der Waals surface area contributed by atoms with Gasteiger partial charge < -0.3 is 16.0 Å². The number of benzene rings is 1. The van der Waals surface area contributed by atoms with Crippen molar-refractivity contribution in [1.29, 1.82) is 0 Å². The first-order valence-corrected chi connectivity index (χ1v) is 7.82. The summed E-state index contributed by atoms with van der Waals surface area (Å²) in [6.07, 6.45) is 0.422. The highest BCUT2D eigenvalue weighted by molar-refractivity contribution is 7.99. The van der Waals surface area contributed by atoms with Gasteiger partial charge in [-0.2, -0.15) is 11.8 Å². The molecule has 1 fully saturated rings. The number of para-hydroxylation sites is 1. The smallest absolute Gasteiger partial charge is 0.243 e. The van der Waals surface area contributed by atoms with Gasteiger partial charge in [0.25, 0.3) is 0 Å². The van der Waals surface area contributed by atoms with Crippen molar-refractivity contribution in [3.63, 3.8) is 0 Å². The lowest BCUT2D eigenvalue weighted by molar-refractivity contribution is -0.124. The summed E-state index contributed by atoms with van der Waals surface area (Å²) in [6.45, 7) is 0.949. The summed E-state index contributed by atoms with van der Waals surface area (Å²) in [6, 6.07) is 9.41. The fourth-order valence-corrected chi connectivity index (χ4v) is 2.90. The molecule has 3 N–H and O–H groups in total. The second kappa shape index (κ2) is 9.65. The van der Waals surface area contributed by atoms with Crippen LogP contribution in [0.3, 0.4) is 0 Å². The van der Waals surface area contributed by atoms with Gasteiger partial charge in [-0.3, -0.25) is 9.59 Å². The summed E-state index contributed by atoms with van der Waals surface area (Å²) in [5, 5.41) is 8.67. The predicted octanol–water partition coefficient (Wildman–Crippen LogP) is 1.26. The number of nitrogens with one attached hydrogen (secondary N) is 3. The highest BCUT2D eigenvalue weighted by Crippen LogP contribution is 2.09. The molecule has 0 spiro atoms. The molecule has 0 radical (unpaired) electrons. The van der Waals surface area contributed by atoms with E-state index in [1.54, 1.807) is 0 Å². The van der Waals surface area contributed by atoms with Crippen molar-refractivity contribution < 1.29 is 9.59 Å². The molecule has 7 heteroatoms. The van der Waals surface area contributed by atoms with Crippen molar-refractivity contribution in [3.8, 4) is 0 Å². The zero-order chi connectivity index (χ0) is 14.2. The zero-order valence-electron chi connectivity index (χ0n) is 11.6. The highest BCUT2D eigenvalue weighted by Gasteiger charge is 2.16. The third-order valence-electron chi connectivity index (χ3n) is 2.93. The predicted molar refractivity (Wildman–Crippen MR) is 89.1 cm³/mol. The lowest BCUT2D eigenvalue weighted by Crippen LogP contribution is -2.42. The highest BCUT2D eigenvalue weighted by atomic mass is 35.5. The number of amides is 2. The van der Waals surface area contributed by atoms with Crippen LogP contribution in [0, 0.1) is 0 Å². The summed E-state index contributed by atoms with van der Waals surface area (Å²) < 4.78 is 0. The van der Waals surface area contributed by atoms with Crippen LogP contribution in [0.4, 0.5) is 5.69 Å². The molecule has 1 aromatic rings. The Kier molecular flexibility index (Phi) is 8.19. The summed E-state index contributed by atoms with van der Waals surface area (Å²) in [5.74, 6) is 1.74. The fraction of sp³-hybridized carbons (Fsp3) is 0.429. The molecule has 0 bridgehead atoms. The van der Waals surface area contributed by atoms with Crippen molar-refractivity contribution in [1.82, 2.24) is 10.6 Å². The van der Waals surface area contributed by atoms with E-state index in [1.165, 1.54) is 0 Å². The Morgan fingerprint density at radius 3 is 2.67 bits per heavy atom. The molecule has 1 aromatic carbocycles. The monoisotopic (exact) mass is 329 g/mol. The Morgan fingerprint density at radius 1 is 1.24 bits per heavy atom. The minimum absolute atomic E-state index is 0. The summed E-state index contributed by atoms with van der Waals surface area (Å²) in [5.41, 5.74) is 0.733. The number of carbonyl (C=O) groups excluding carboxylic acids is 2. The van der Waals surface area contributed by atoms with Crippen molar-refractivity contribution in [2.75, 3.05) is 29.9 Å². The maximum Gasteiger partial charge on any atom is 0.243 e. The molecule has 1 aliphatic heterocycles. The van der Waals surface area contributed by atoms with Gasteiger partial charge in [0.05, 0.1) is 6.54 Å². The molecule has 1 aliphatic rings. The quantitative estimate of drug-likeness (QED) is 0.760. The van der Waals surface area contributed by atoms with Gasteiger partial charge >= 0.3 is 0 Å². The number of rotatable bonds is 5. The SMILES string of the molecule is Cl.O=C(CC1CSCCN1)NCC(=O)Nc1ccccc1. The Hall–Kier alpha value is -1.24. The second-order valence-corrected chi connectivity index (χ2v) is 5.77. The number of anilines is 1. The van der Waals surface area contributed by atoms with Gasteiger partial charge in [0.1, 0.15) is 0 Å². The lowest BCUT2D eigenvalue weighted by Gasteiger charge is -2.22. The van der Waals surface area contributed by atoms with Crippen LogP contribution >= 0.6 is 24.2 Å². The van der Waals surface area contributed by atoms with Gasteiger partial charge in [0.2, 0.25) is 11.8 Å². The standard InChI is InChI=1S/C14H19N3O2S.ClH/c18-13(8-12-10-20-7-6-15-12)16-9-14(19)17-11-4-2-1-3-5-11;/h1-5,12,15H,6-10H2,(H,16,18)(H,17,19);1H. The molecule has 1 unspecified atom stereocenters. The molecule has 2 amide bonds. The third-order valence-corrected chi connectivity index (χ3v) is 4.06. The number of hydrogen-bond acceptors (Lipinski definition) is 4. The van der Waals surface area contributed by atoms with Crippen LogP contribution in [0.15, 0.2) is 30.3 Å². The van der Waals surface area contributed by atoms with Gasteiger partial charge in [-0.1, -0.05) is 18.2 Å². The number of hydrogen-bond donors (Lipinski definition) is 3. The van der Waals surface area contributed by atoms with Gasteiger partial charge in [0.15, 0.2) is 0 Å². The van der Waals surface area contributed by atoms with E-state index in [2.05, 4.69) is 16.0 Å². The number of halogens is 1. The van der Waals surface area contributed by atoms with Crippen LogP contribution in [0.5, 0.6) is 0 Å². The van der Waals surface area contributed by atoms with Crippen molar-refractivity contribution >= 4 is 41.7 Å². The maximum atomic E-state index is 11.7. The molecule has 5 nitrogen and oxygen atoms in total. The molecule has 0 aromatic heterocycles. The third kappa shape index (κ3) is 6.84. The van der Waals surface area contributed by atoms with E-state index in [1.807, 2.05) is 42.1 Å². The van der Waals surface area contributed by atoms with E-state index in [0.29, 0.717) is 6.42 Å². The number of carbonyl (C=O) groups is 2. The van der Waals surface area contributed by atoms with Crippen molar-refractivity contribution in [3.05, 3.63) is 30.3 Å². The minimum atomic E-state index is -0.212. The Balaban J connectivity index is 0.00000220. The average molecular weight is 330 g/mol. The Bertz CT molecular complexity index is 453. The first-order valence-electron chi connectivity index (χ1n) is 6.67. The fourth-order valence-electron chi connectivity index (χ4n) is 1.95.